The van der Waals surface area contributed by atoms with E-state index in [1.54, 1.807) is 0 Å². The van der Waals surface area contributed by atoms with E-state index >= 15 is 0 Å². The zero-order chi connectivity index (χ0) is 21.9. The van der Waals surface area contributed by atoms with Gasteiger partial charge in [-0.05, 0) is 62.6 Å². The van der Waals surface area contributed by atoms with E-state index in [4.69, 9.17) is 15.5 Å². The number of aliphatic imine (C=N–C) groups is 1. The molecule has 0 aromatic heterocycles. The van der Waals surface area contributed by atoms with Crippen molar-refractivity contribution in [2.24, 2.45) is 22.6 Å². The quantitative estimate of drug-likeness (QED) is 0.269. The summed E-state index contributed by atoms with van der Waals surface area (Å²) in [6.45, 7) is 8.75. The van der Waals surface area contributed by atoms with E-state index in [0.29, 0.717) is 6.54 Å². The van der Waals surface area contributed by atoms with Crippen LogP contribution >= 0.6 is 0 Å². The van der Waals surface area contributed by atoms with Gasteiger partial charge in [0.1, 0.15) is 0 Å². The van der Waals surface area contributed by atoms with E-state index in [2.05, 4.69) is 46.7 Å². The maximum Gasteiger partial charge on any atom is 0.221 e. The number of nitrogens with one attached hydrogen (secondary N) is 2. The molecule has 3 rings (SSSR count). The minimum atomic E-state index is -0.175. The van der Waals surface area contributed by atoms with Crippen LogP contribution in [0.25, 0.3) is 0 Å². The van der Waals surface area contributed by atoms with Gasteiger partial charge in [0.25, 0.3) is 0 Å². The SMILES string of the molecule is CCNC(=NCc1cccc(CN2CCCC(C(N)=O)C2)c1)NCCCOCC1CC1. The van der Waals surface area contributed by atoms with Gasteiger partial charge in [-0.15, -0.1) is 0 Å². The third-order valence-corrected chi connectivity index (χ3v) is 5.88. The number of rotatable bonds is 12. The van der Waals surface area contributed by atoms with E-state index in [0.717, 1.165) is 77.1 Å². The van der Waals surface area contributed by atoms with Crippen molar-refractivity contribution in [1.29, 1.82) is 0 Å². The molecular formula is C24H39N5O2. The summed E-state index contributed by atoms with van der Waals surface area (Å²) < 4.78 is 5.69. The van der Waals surface area contributed by atoms with Gasteiger partial charge >= 0.3 is 0 Å². The van der Waals surface area contributed by atoms with Crippen LogP contribution in [-0.4, -0.2) is 56.2 Å². The summed E-state index contributed by atoms with van der Waals surface area (Å²) in [5, 5.41) is 6.71. The number of primary amides is 1. The van der Waals surface area contributed by atoms with E-state index < -0.39 is 0 Å². The highest BCUT2D eigenvalue weighted by molar-refractivity contribution is 5.79. The lowest BCUT2D eigenvalue weighted by Crippen LogP contribution is -2.40. The van der Waals surface area contributed by atoms with Crippen LogP contribution in [0.3, 0.4) is 0 Å². The molecule has 31 heavy (non-hydrogen) atoms. The molecule has 4 N–H and O–H groups in total. The third-order valence-electron chi connectivity index (χ3n) is 5.88. The van der Waals surface area contributed by atoms with E-state index in [9.17, 15) is 4.79 Å². The van der Waals surface area contributed by atoms with Crippen molar-refractivity contribution in [3.8, 4) is 0 Å². The van der Waals surface area contributed by atoms with Crippen LogP contribution in [0.2, 0.25) is 0 Å². The Kier molecular flexibility index (Phi) is 9.62. The first kappa shape index (κ1) is 23.5. The molecule has 1 aromatic carbocycles. The van der Waals surface area contributed by atoms with Crippen LogP contribution in [0.1, 0.15) is 50.2 Å². The standard InChI is InChI=1S/C24H39N5O2/c1-2-26-24(27-11-5-13-31-18-19-9-10-19)28-15-20-6-3-7-21(14-20)16-29-12-4-8-22(17-29)23(25)30/h3,6-7,14,19,22H,2,4-5,8-13,15-18H2,1H3,(H2,25,30)(H2,26,27,28). The smallest absolute Gasteiger partial charge is 0.221 e. The second-order valence-corrected chi connectivity index (χ2v) is 8.79. The minimum Gasteiger partial charge on any atom is -0.381 e. The van der Waals surface area contributed by atoms with Gasteiger partial charge in [0.05, 0.1) is 12.5 Å². The number of amides is 1. The maximum absolute atomic E-state index is 11.5. The molecule has 1 unspecified atom stereocenters. The maximum atomic E-state index is 11.5. The normalized spacial score (nSPS) is 19.9. The van der Waals surface area contributed by atoms with E-state index in [-0.39, 0.29) is 11.8 Å². The van der Waals surface area contributed by atoms with Crippen LogP contribution in [0, 0.1) is 11.8 Å². The molecule has 7 nitrogen and oxygen atoms in total. The molecule has 0 spiro atoms. The Morgan fingerprint density at radius 1 is 1.26 bits per heavy atom. The Bertz CT molecular complexity index is 720. The molecule has 2 fully saturated rings. The molecule has 7 heteroatoms. The minimum absolute atomic E-state index is 0.0191. The van der Waals surface area contributed by atoms with Crippen molar-refractivity contribution < 1.29 is 9.53 Å². The first-order chi connectivity index (χ1) is 15.1. The number of ether oxygens (including phenoxy) is 1. The number of benzene rings is 1. The molecule has 1 aliphatic heterocycles. The van der Waals surface area contributed by atoms with Gasteiger partial charge in [0.2, 0.25) is 5.91 Å². The Morgan fingerprint density at radius 3 is 2.87 bits per heavy atom. The van der Waals surface area contributed by atoms with Crippen molar-refractivity contribution in [2.75, 3.05) is 39.4 Å². The van der Waals surface area contributed by atoms with Crippen molar-refractivity contribution in [2.45, 2.75) is 52.1 Å². The monoisotopic (exact) mass is 429 g/mol. The lowest BCUT2D eigenvalue weighted by atomic mass is 9.97. The molecule has 2 aliphatic rings. The molecule has 1 amide bonds. The number of hydrogen-bond donors (Lipinski definition) is 3. The largest absolute Gasteiger partial charge is 0.381 e. The van der Waals surface area contributed by atoms with Gasteiger partial charge in [-0.3, -0.25) is 9.69 Å². The number of carbonyl (C=O) groups is 1. The van der Waals surface area contributed by atoms with Crippen molar-refractivity contribution in [3.63, 3.8) is 0 Å². The predicted molar refractivity (Wildman–Crippen MR) is 125 cm³/mol. The molecule has 172 valence electrons. The van der Waals surface area contributed by atoms with E-state index in [1.807, 2.05) is 0 Å². The highest BCUT2D eigenvalue weighted by Gasteiger charge is 2.24. The fourth-order valence-corrected chi connectivity index (χ4v) is 3.94. The highest BCUT2D eigenvalue weighted by Crippen LogP contribution is 2.28. The van der Waals surface area contributed by atoms with Crippen LogP contribution < -0.4 is 16.4 Å². The van der Waals surface area contributed by atoms with Gasteiger partial charge in [0, 0.05) is 39.4 Å². The summed E-state index contributed by atoms with van der Waals surface area (Å²) in [6, 6.07) is 8.57. The summed E-state index contributed by atoms with van der Waals surface area (Å²) in [6.07, 6.45) is 5.59. The molecule has 1 saturated carbocycles. The number of piperidine rings is 1. The molecule has 1 saturated heterocycles. The van der Waals surface area contributed by atoms with Crippen LogP contribution in [0.15, 0.2) is 29.3 Å². The summed E-state index contributed by atoms with van der Waals surface area (Å²) in [4.78, 5) is 18.6. The van der Waals surface area contributed by atoms with Crippen LogP contribution in [0.4, 0.5) is 0 Å². The Labute approximate surface area is 186 Å². The average molecular weight is 430 g/mol. The van der Waals surface area contributed by atoms with E-state index in [1.165, 1.54) is 24.0 Å². The summed E-state index contributed by atoms with van der Waals surface area (Å²) in [5.41, 5.74) is 7.95. The number of carbonyl (C=O) groups excluding carboxylic acids is 1. The lowest BCUT2D eigenvalue weighted by Gasteiger charge is -2.31. The van der Waals surface area contributed by atoms with Gasteiger partial charge < -0.3 is 21.1 Å². The summed E-state index contributed by atoms with van der Waals surface area (Å²) in [7, 11) is 0. The second kappa shape index (κ2) is 12.7. The lowest BCUT2D eigenvalue weighted by molar-refractivity contribution is -0.123. The van der Waals surface area contributed by atoms with Crippen LogP contribution in [0.5, 0.6) is 0 Å². The number of nitrogens with zero attached hydrogens (tertiary/aromatic N) is 2. The van der Waals surface area contributed by atoms with Crippen molar-refractivity contribution in [3.05, 3.63) is 35.4 Å². The average Bonchev–Trinajstić information content (AvgIpc) is 3.59. The number of guanidine groups is 1. The van der Waals surface area contributed by atoms with Crippen molar-refractivity contribution in [1.82, 2.24) is 15.5 Å². The van der Waals surface area contributed by atoms with Crippen LogP contribution in [-0.2, 0) is 22.6 Å². The molecule has 0 bridgehead atoms. The van der Waals surface area contributed by atoms with Gasteiger partial charge in [0.15, 0.2) is 5.96 Å². The summed E-state index contributed by atoms with van der Waals surface area (Å²) in [5.74, 6) is 1.47. The molecule has 1 atom stereocenters. The molecule has 1 heterocycles. The van der Waals surface area contributed by atoms with Gasteiger partial charge in [-0.25, -0.2) is 4.99 Å². The zero-order valence-electron chi connectivity index (χ0n) is 18.9. The predicted octanol–water partition coefficient (Wildman–Crippen LogP) is 2.26. The molecular weight excluding hydrogens is 390 g/mol. The fourth-order valence-electron chi connectivity index (χ4n) is 3.94. The zero-order valence-corrected chi connectivity index (χ0v) is 18.9. The number of nitrogens with two attached hydrogens (primary N) is 1. The highest BCUT2D eigenvalue weighted by atomic mass is 16.5. The van der Waals surface area contributed by atoms with Gasteiger partial charge in [-0.2, -0.15) is 0 Å². The molecule has 0 radical (unpaired) electrons. The Morgan fingerprint density at radius 2 is 2.10 bits per heavy atom. The fraction of sp³-hybridized carbons (Fsp3) is 0.667. The second-order valence-electron chi connectivity index (χ2n) is 8.79. The topological polar surface area (TPSA) is 92.0 Å². The molecule has 1 aliphatic carbocycles. The molecule has 1 aromatic rings. The number of likely N-dealkylation sites (tertiary alicyclic amines) is 1. The number of hydrogen-bond acceptors (Lipinski definition) is 4. The Balaban J connectivity index is 1.44. The van der Waals surface area contributed by atoms with Crippen molar-refractivity contribution >= 4 is 11.9 Å². The third kappa shape index (κ3) is 8.87. The first-order valence-electron chi connectivity index (χ1n) is 11.8. The summed E-state index contributed by atoms with van der Waals surface area (Å²) >= 11 is 0. The van der Waals surface area contributed by atoms with Gasteiger partial charge in [-0.1, -0.05) is 24.3 Å². The Hall–Kier alpha value is -2.12. The first-order valence-corrected chi connectivity index (χ1v) is 11.8.